The van der Waals surface area contributed by atoms with Gasteiger partial charge in [0.15, 0.2) is 6.61 Å². The zero-order chi connectivity index (χ0) is 17.5. The van der Waals surface area contributed by atoms with Crippen LogP contribution >= 0.6 is 27.7 Å². The fourth-order valence-electron chi connectivity index (χ4n) is 1.88. The van der Waals surface area contributed by atoms with Gasteiger partial charge in [0.2, 0.25) is 0 Å². The number of ether oxygens (including phenoxy) is 1. The van der Waals surface area contributed by atoms with Crippen molar-refractivity contribution in [3.8, 4) is 0 Å². The summed E-state index contributed by atoms with van der Waals surface area (Å²) < 4.78 is 5.78. The first-order chi connectivity index (χ1) is 11.5. The molecule has 0 aliphatic heterocycles. The van der Waals surface area contributed by atoms with Gasteiger partial charge >= 0.3 is 5.97 Å². The monoisotopic (exact) mass is 407 g/mol. The molecule has 0 saturated heterocycles. The van der Waals surface area contributed by atoms with Crippen molar-refractivity contribution in [3.05, 3.63) is 58.1 Å². The van der Waals surface area contributed by atoms with Gasteiger partial charge in [0, 0.05) is 9.37 Å². The van der Waals surface area contributed by atoms with Crippen molar-refractivity contribution in [3.63, 3.8) is 0 Å². The van der Waals surface area contributed by atoms with Crippen LogP contribution in [0, 0.1) is 13.8 Å². The zero-order valence-electron chi connectivity index (χ0n) is 13.5. The molecule has 0 radical (unpaired) electrons. The summed E-state index contributed by atoms with van der Waals surface area (Å²) in [7, 11) is 0. The third-order valence-electron chi connectivity index (χ3n) is 3.35. The van der Waals surface area contributed by atoms with Crippen molar-refractivity contribution >= 4 is 45.3 Å². The Hall–Kier alpha value is -1.79. The van der Waals surface area contributed by atoms with Gasteiger partial charge in [-0.15, -0.1) is 11.8 Å². The Morgan fingerprint density at radius 2 is 1.88 bits per heavy atom. The molecule has 0 unspecified atom stereocenters. The number of para-hydroxylation sites is 1. The minimum absolute atomic E-state index is 0.171. The Morgan fingerprint density at radius 3 is 2.58 bits per heavy atom. The lowest BCUT2D eigenvalue weighted by Gasteiger charge is -2.08. The molecule has 0 fully saturated rings. The van der Waals surface area contributed by atoms with E-state index in [1.807, 2.05) is 50.2 Å². The molecule has 0 bridgehead atoms. The number of carbonyl (C=O) groups is 2. The second-order valence-electron chi connectivity index (χ2n) is 5.22. The van der Waals surface area contributed by atoms with Gasteiger partial charge in [0.1, 0.15) is 0 Å². The second-order valence-corrected chi connectivity index (χ2v) is 7.13. The van der Waals surface area contributed by atoms with E-state index in [2.05, 4.69) is 21.2 Å². The third kappa shape index (κ3) is 5.69. The molecule has 0 saturated carbocycles. The van der Waals surface area contributed by atoms with Crippen LogP contribution in [0.1, 0.15) is 11.1 Å². The number of benzene rings is 2. The largest absolute Gasteiger partial charge is 0.455 e. The average Bonchev–Trinajstić information content (AvgIpc) is 2.56. The van der Waals surface area contributed by atoms with Gasteiger partial charge in [0.25, 0.3) is 5.91 Å². The van der Waals surface area contributed by atoms with Gasteiger partial charge < -0.3 is 10.1 Å². The fraction of sp³-hybridized carbons (Fsp3) is 0.222. The minimum Gasteiger partial charge on any atom is -0.455 e. The van der Waals surface area contributed by atoms with E-state index in [1.54, 1.807) is 6.07 Å². The lowest BCUT2D eigenvalue weighted by atomic mass is 10.1. The molecule has 1 N–H and O–H groups in total. The topological polar surface area (TPSA) is 55.4 Å². The van der Waals surface area contributed by atoms with E-state index in [-0.39, 0.29) is 18.3 Å². The van der Waals surface area contributed by atoms with Gasteiger partial charge in [-0.3, -0.25) is 9.59 Å². The molecule has 0 aliphatic carbocycles. The minimum atomic E-state index is -0.416. The molecule has 2 aromatic carbocycles. The Labute approximate surface area is 154 Å². The summed E-state index contributed by atoms with van der Waals surface area (Å²) in [6.07, 6.45) is 0. The number of hydrogen-bond donors (Lipinski definition) is 1. The summed E-state index contributed by atoms with van der Waals surface area (Å²) in [6.45, 7) is 3.78. The van der Waals surface area contributed by atoms with Crippen molar-refractivity contribution in [2.75, 3.05) is 17.7 Å². The SMILES string of the molecule is Cc1ccc(SCC(=O)OCC(=O)Nc2ccccc2Br)cc1C. The number of aryl methyl sites for hydroxylation is 2. The first kappa shape index (κ1) is 18.5. The van der Waals surface area contributed by atoms with Crippen LogP contribution < -0.4 is 5.32 Å². The van der Waals surface area contributed by atoms with Crippen molar-refractivity contribution in [1.82, 2.24) is 0 Å². The molecular weight excluding hydrogens is 390 g/mol. The molecule has 0 atom stereocenters. The fourth-order valence-corrected chi connectivity index (χ4v) is 3.06. The molecule has 126 valence electrons. The first-order valence-electron chi connectivity index (χ1n) is 7.36. The van der Waals surface area contributed by atoms with Crippen molar-refractivity contribution in [2.45, 2.75) is 18.7 Å². The van der Waals surface area contributed by atoms with Crippen LogP contribution in [-0.2, 0) is 14.3 Å². The van der Waals surface area contributed by atoms with E-state index in [1.165, 1.54) is 22.9 Å². The maximum Gasteiger partial charge on any atom is 0.316 e. The molecule has 0 heterocycles. The molecule has 0 spiro atoms. The highest BCUT2D eigenvalue weighted by Crippen LogP contribution is 2.22. The molecule has 0 aromatic heterocycles. The lowest BCUT2D eigenvalue weighted by molar-refractivity contribution is -0.144. The molecule has 1 amide bonds. The van der Waals surface area contributed by atoms with Gasteiger partial charge in [-0.1, -0.05) is 18.2 Å². The van der Waals surface area contributed by atoms with E-state index in [0.29, 0.717) is 5.69 Å². The highest BCUT2D eigenvalue weighted by molar-refractivity contribution is 9.10. The summed E-state index contributed by atoms with van der Waals surface area (Å²) in [5.74, 6) is -0.614. The van der Waals surface area contributed by atoms with Crippen LogP contribution in [0.3, 0.4) is 0 Å². The summed E-state index contributed by atoms with van der Waals surface area (Å²) in [5, 5.41) is 2.68. The van der Waals surface area contributed by atoms with Crippen molar-refractivity contribution in [1.29, 1.82) is 0 Å². The number of amides is 1. The number of esters is 1. The molecular formula is C18H18BrNO3S. The van der Waals surface area contributed by atoms with Crippen LogP contribution in [0.2, 0.25) is 0 Å². The van der Waals surface area contributed by atoms with Gasteiger partial charge in [-0.05, 0) is 65.2 Å². The first-order valence-corrected chi connectivity index (χ1v) is 9.13. The molecule has 2 rings (SSSR count). The summed E-state index contributed by atoms with van der Waals surface area (Å²) in [4.78, 5) is 24.6. The van der Waals surface area contributed by atoms with E-state index < -0.39 is 5.97 Å². The normalized spacial score (nSPS) is 10.3. The number of nitrogens with one attached hydrogen (secondary N) is 1. The summed E-state index contributed by atoms with van der Waals surface area (Å²) in [5.41, 5.74) is 3.04. The number of anilines is 1. The summed E-state index contributed by atoms with van der Waals surface area (Å²) >= 11 is 4.74. The predicted molar refractivity (Wildman–Crippen MR) is 100 cm³/mol. The Morgan fingerprint density at radius 1 is 1.12 bits per heavy atom. The number of thioether (sulfide) groups is 1. The molecule has 2 aromatic rings. The zero-order valence-corrected chi connectivity index (χ0v) is 15.9. The number of rotatable bonds is 6. The van der Waals surface area contributed by atoms with E-state index >= 15 is 0 Å². The van der Waals surface area contributed by atoms with E-state index in [0.717, 1.165) is 9.37 Å². The van der Waals surface area contributed by atoms with Crippen LogP contribution in [0.25, 0.3) is 0 Å². The second kappa shape index (κ2) is 8.89. The van der Waals surface area contributed by atoms with Gasteiger partial charge in [-0.2, -0.15) is 0 Å². The van der Waals surface area contributed by atoms with Gasteiger partial charge in [-0.25, -0.2) is 0 Å². The maximum atomic E-state index is 11.8. The Bertz CT molecular complexity index is 749. The molecule has 0 aliphatic rings. The van der Waals surface area contributed by atoms with Gasteiger partial charge in [0.05, 0.1) is 11.4 Å². The molecule has 24 heavy (non-hydrogen) atoms. The van der Waals surface area contributed by atoms with E-state index in [4.69, 9.17) is 4.74 Å². The Kier molecular flexibility index (Phi) is 6.87. The summed E-state index contributed by atoms with van der Waals surface area (Å²) in [6, 6.07) is 13.3. The number of hydrogen-bond acceptors (Lipinski definition) is 4. The van der Waals surface area contributed by atoms with Crippen LogP contribution in [-0.4, -0.2) is 24.2 Å². The molecule has 6 heteroatoms. The van der Waals surface area contributed by atoms with Crippen LogP contribution in [0.15, 0.2) is 51.8 Å². The highest BCUT2D eigenvalue weighted by atomic mass is 79.9. The van der Waals surface area contributed by atoms with Crippen molar-refractivity contribution < 1.29 is 14.3 Å². The standard InChI is InChI=1S/C18H18BrNO3S/c1-12-7-8-14(9-13(12)2)24-11-18(22)23-10-17(21)20-16-6-4-3-5-15(16)19/h3-9H,10-11H2,1-2H3,(H,20,21). The predicted octanol–water partition coefficient (Wildman–Crippen LogP) is 4.34. The van der Waals surface area contributed by atoms with Crippen LogP contribution in [0.4, 0.5) is 5.69 Å². The quantitative estimate of drug-likeness (QED) is 0.571. The van der Waals surface area contributed by atoms with Crippen LogP contribution in [0.5, 0.6) is 0 Å². The third-order valence-corrected chi connectivity index (χ3v) is 5.01. The lowest BCUT2D eigenvalue weighted by Crippen LogP contribution is -2.21. The van der Waals surface area contributed by atoms with E-state index in [9.17, 15) is 9.59 Å². The maximum absolute atomic E-state index is 11.8. The number of carbonyl (C=O) groups excluding carboxylic acids is 2. The smallest absolute Gasteiger partial charge is 0.316 e. The average molecular weight is 408 g/mol. The Balaban J connectivity index is 1.75. The number of halogens is 1. The van der Waals surface area contributed by atoms with Crippen molar-refractivity contribution in [2.24, 2.45) is 0 Å². The molecule has 4 nitrogen and oxygen atoms in total. The highest BCUT2D eigenvalue weighted by Gasteiger charge is 2.10.